The van der Waals surface area contributed by atoms with Crippen molar-refractivity contribution in [1.29, 1.82) is 0 Å². The van der Waals surface area contributed by atoms with E-state index in [1.54, 1.807) is 49.9 Å². The Kier molecular flexibility index (Phi) is 9.64. The number of nitrogens with one attached hydrogen (secondary N) is 2. The van der Waals surface area contributed by atoms with E-state index < -0.39 is 23.8 Å². The zero-order chi connectivity index (χ0) is 28.9. The van der Waals surface area contributed by atoms with Crippen LogP contribution in [0.2, 0.25) is 0 Å². The third-order valence-electron chi connectivity index (χ3n) is 6.71. The topological polar surface area (TPSA) is 108 Å². The number of phenolic OH excluding ortho intramolecular Hbond substituents is 1. The fourth-order valence-electron chi connectivity index (χ4n) is 4.61. The number of amides is 3. The Balaban J connectivity index is 2.04. The molecule has 2 aromatic carbocycles. The zero-order valence-electron chi connectivity index (χ0n) is 24.2. The van der Waals surface area contributed by atoms with Gasteiger partial charge in [0.25, 0.3) is 0 Å². The SMILES string of the molecule is CCc1ccc(C(C(=O)NC(C)C)N(C(=O)C(Cc2ccc(O)cc2)NC(=O)OC(C)(C)C)C2CC2C)cc1. The van der Waals surface area contributed by atoms with Crippen LogP contribution in [0.4, 0.5) is 4.79 Å². The van der Waals surface area contributed by atoms with Gasteiger partial charge in [-0.1, -0.05) is 50.2 Å². The monoisotopic (exact) mass is 537 g/mol. The Morgan fingerprint density at radius 2 is 1.56 bits per heavy atom. The predicted octanol–water partition coefficient (Wildman–Crippen LogP) is 4.89. The van der Waals surface area contributed by atoms with Crippen molar-refractivity contribution in [3.8, 4) is 5.75 Å². The van der Waals surface area contributed by atoms with Gasteiger partial charge in [0.2, 0.25) is 11.8 Å². The maximum Gasteiger partial charge on any atom is 0.408 e. The van der Waals surface area contributed by atoms with E-state index in [1.165, 1.54) is 0 Å². The molecule has 1 aliphatic rings. The Morgan fingerprint density at radius 1 is 1.00 bits per heavy atom. The highest BCUT2D eigenvalue weighted by atomic mass is 16.6. The number of carbonyl (C=O) groups excluding carboxylic acids is 3. The molecule has 4 atom stereocenters. The second-order valence-corrected chi connectivity index (χ2v) is 11.8. The molecule has 212 valence electrons. The normalized spacial score (nSPS) is 18.2. The molecule has 1 saturated carbocycles. The lowest BCUT2D eigenvalue weighted by Gasteiger charge is -2.35. The molecule has 0 spiro atoms. The molecule has 1 fully saturated rings. The third-order valence-corrected chi connectivity index (χ3v) is 6.71. The van der Waals surface area contributed by atoms with Crippen LogP contribution in [0.5, 0.6) is 5.75 Å². The lowest BCUT2D eigenvalue weighted by atomic mass is 9.98. The van der Waals surface area contributed by atoms with Gasteiger partial charge in [0.15, 0.2) is 0 Å². The van der Waals surface area contributed by atoms with Gasteiger partial charge in [-0.2, -0.15) is 0 Å². The molecule has 4 unspecified atom stereocenters. The lowest BCUT2D eigenvalue weighted by Crippen LogP contribution is -2.55. The number of nitrogens with zero attached hydrogens (tertiary/aromatic N) is 1. The summed E-state index contributed by atoms with van der Waals surface area (Å²) >= 11 is 0. The molecule has 3 amide bonds. The number of rotatable bonds is 10. The highest BCUT2D eigenvalue weighted by molar-refractivity contribution is 5.93. The van der Waals surface area contributed by atoms with Crippen LogP contribution in [0, 0.1) is 5.92 Å². The maximum absolute atomic E-state index is 14.4. The Morgan fingerprint density at radius 3 is 2.05 bits per heavy atom. The quantitative estimate of drug-likeness (QED) is 0.400. The number of hydrogen-bond donors (Lipinski definition) is 3. The van der Waals surface area contributed by atoms with Crippen molar-refractivity contribution in [2.75, 3.05) is 0 Å². The van der Waals surface area contributed by atoms with E-state index in [9.17, 15) is 19.5 Å². The third kappa shape index (κ3) is 8.47. The molecule has 39 heavy (non-hydrogen) atoms. The van der Waals surface area contributed by atoms with Gasteiger partial charge in [-0.05, 0) is 82.2 Å². The molecule has 0 aliphatic heterocycles. The molecule has 8 heteroatoms. The van der Waals surface area contributed by atoms with Crippen molar-refractivity contribution in [2.45, 2.75) is 97.5 Å². The molecule has 0 aromatic heterocycles. The van der Waals surface area contributed by atoms with Crippen molar-refractivity contribution in [3.05, 3.63) is 65.2 Å². The first-order valence-corrected chi connectivity index (χ1v) is 13.8. The van der Waals surface area contributed by atoms with Crippen LogP contribution < -0.4 is 10.6 Å². The highest BCUT2D eigenvalue weighted by Gasteiger charge is 2.48. The first-order chi connectivity index (χ1) is 18.3. The number of phenols is 1. The van der Waals surface area contributed by atoms with E-state index in [0.29, 0.717) is 0 Å². The second kappa shape index (κ2) is 12.5. The Labute approximate surface area is 232 Å². The number of alkyl carbamates (subject to hydrolysis) is 1. The van der Waals surface area contributed by atoms with Gasteiger partial charge in [0.05, 0.1) is 0 Å². The van der Waals surface area contributed by atoms with Crippen LogP contribution in [0.15, 0.2) is 48.5 Å². The molecular formula is C31H43N3O5. The average molecular weight is 538 g/mol. The molecular weight excluding hydrogens is 494 g/mol. The molecule has 2 aromatic rings. The summed E-state index contributed by atoms with van der Waals surface area (Å²) in [5.74, 6) is -0.292. The number of hydrogen-bond acceptors (Lipinski definition) is 5. The molecule has 1 aliphatic carbocycles. The maximum atomic E-state index is 14.4. The summed E-state index contributed by atoms with van der Waals surface area (Å²) in [5, 5.41) is 15.5. The molecule has 0 radical (unpaired) electrons. The standard InChI is InChI=1S/C31H43N3O5/c1-8-21-9-13-23(14-10-21)27(28(36)32-19(2)3)34(26-17-20(26)4)29(37)25(33-30(38)39-31(5,6)7)18-22-11-15-24(35)16-12-22/h9-16,19-20,25-27,35H,8,17-18H2,1-7H3,(H,32,36)(H,33,38). The Bertz CT molecular complexity index is 1140. The first-order valence-electron chi connectivity index (χ1n) is 13.8. The van der Waals surface area contributed by atoms with Gasteiger partial charge in [-0.3, -0.25) is 9.59 Å². The van der Waals surface area contributed by atoms with Crippen molar-refractivity contribution in [2.24, 2.45) is 5.92 Å². The first kappa shape index (κ1) is 30.0. The van der Waals surface area contributed by atoms with Gasteiger partial charge < -0.3 is 25.4 Å². The van der Waals surface area contributed by atoms with Gasteiger partial charge in [-0.25, -0.2) is 4.79 Å². The summed E-state index contributed by atoms with van der Waals surface area (Å²) in [4.78, 5) is 42.6. The fourth-order valence-corrected chi connectivity index (χ4v) is 4.61. The van der Waals surface area contributed by atoms with Crippen LogP contribution in [0.25, 0.3) is 0 Å². The summed E-state index contributed by atoms with van der Waals surface area (Å²) < 4.78 is 5.48. The van der Waals surface area contributed by atoms with Crippen LogP contribution >= 0.6 is 0 Å². The smallest absolute Gasteiger partial charge is 0.408 e. The van der Waals surface area contributed by atoms with E-state index in [2.05, 4.69) is 24.5 Å². The zero-order valence-corrected chi connectivity index (χ0v) is 24.2. The summed E-state index contributed by atoms with van der Waals surface area (Å²) in [7, 11) is 0. The number of benzene rings is 2. The largest absolute Gasteiger partial charge is 0.508 e. The van der Waals surface area contributed by atoms with Crippen LogP contribution in [-0.2, 0) is 27.2 Å². The van der Waals surface area contributed by atoms with Gasteiger partial charge in [-0.15, -0.1) is 0 Å². The van der Waals surface area contributed by atoms with Crippen molar-refractivity contribution in [1.82, 2.24) is 15.5 Å². The van der Waals surface area contributed by atoms with Crippen LogP contribution in [0.3, 0.4) is 0 Å². The predicted molar refractivity (Wildman–Crippen MR) is 151 cm³/mol. The van der Waals surface area contributed by atoms with Crippen molar-refractivity contribution < 1.29 is 24.2 Å². The van der Waals surface area contributed by atoms with E-state index in [-0.39, 0.29) is 42.0 Å². The minimum absolute atomic E-state index is 0.108. The fraction of sp³-hybridized carbons (Fsp3) is 0.516. The average Bonchev–Trinajstić information content (AvgIpc) is 3.57. The molecule has 0 heterocycles. The van der Waals surface area contributed by atoms with Gasteiger partial charge >= 0.3 is 6.09 Å². The number of aromatic hydroxyl groups is 1. The summed E-state index contributed by atoms with van der Waals surface area (Å²) in [5.41, 5.74) is 1.86. The van der Waals surface area contributed by atoms with Crippen molar-refractivity contribution in [3.63, 3.8) is 0 Å². The summed E-state index contributed by atoms with van der Waals surface area (Å²) in [6.07, 6.45) is 1.09. The minimum Gasteiger partial charge on any atom is -0.508 e. The molecule has 3 rings (SSSR count). The van der Waals surface area contributed by atoms with E-state index in [4.69, 9.17) is 4.74 Å². The van der Waals surface area contributed by atoms with Crippen LogP contribution in [-0.4, -0.2) is 51.6 Å². The van der Waals surface area contributed by atoms with E-state index >= 15 is 0 Å². The lowest BCUT2D eigenvalue weighted by molar-refractivity contribution is -0.143. The highest BCUT2D eigenvalue weighted by Crippen LogP contribution is 2.41. The minimum atomic E-state index is -0.985. The van der Waals surface area contributed by atoms with Gasteiger partial charge in [0.1, 0.15) is 23.4 Å². The van der Waals surface area contributed by atoms with Crippen LogP contribution in [0.1, 0.15) is 77.6 Å². The number of aryl methyl sites for hydroxylation is 1. The molecule has 8 nitrogen and oxygen atoms in total. The molecule has 3 N–H and O–H groups in total. The van der Waals surface area contributed by atoms with Gasteiger partial charge in [0, 0.05) is 18.5 Å². The van der Waals surface area contributed by atoms with E-state index in [1.807, 2.05) is 38.1 Å². The van der Waals surface area contributed by atoms with E-state index in [0.717, 1.165) is 29.5 Å². The summed E-state index contributed by atoms with van der Waals surface area (Å²) in [6, 6.07) is 12.2. The summed E-state index contributed by atoms with van der Waals surface area (Å²) in [6.45, 7) is 13.2. The molecule has 0 saturated heterocycles. The molecule has 0 bridgehead atoms. The Hall–Kier alpha value is -3.55. The second-order valence-electron chi connectivity index (χ2n) is 11.8. The van der Waals surface area contributed by atoms with Crippen molar-refractivity contribution >= 4 is 17.9 Å². The number of carbonyl (C=O) groups is 3. The number of ether oxygens (including phenoxy) is 1.